The molecule has 0 aliphatic carbocycles. The van der Waals surface area contributed by atoms with Gasteiger partial charge in [0.25, 0.3) is 0 Å². The van der Waals surface area contributed by atoms with Gasteiger partial charge in [-0.3, -0.25) is 24.2 Å². The SMILES string of the molecule is CCCCC(CN(C=O)OCc1ccccc1)C(=O)NC(C(=O)Cc1ccccn1)C(C)(C)C. The second-order valence-corrected chi connectivity index (χ2v) is 9.58. The first-order valence-electron chi connectivity index (χ1n) is 11.9. The molecule has 7 nitrogen and oxygen atoms in total. The molecule has 0 aliphatic heterocycles. The van der Waals surface area contributed by atoms with E-state index in [0.717, 1.165) is 18.4 Å². The summed E-state index contributed by atoms with van der Waals surface area (Å²) in [7, 11) is 0. The van der Waals surface area contributed by atoms with Crippen molar-refractivity contribution in [1.82, 2.24) is 15.4 Å². The summed E-state index contributed by atoms with van der Waals surface area (Å²) in [5, 5.41) is 4.15. The van der Waals surface area contributed by atoms with Crippen LogP contribution in [0.1, 0.15) is 58.2 Å². The van der Waals surface area contributed by atoms with Crippen molar-refractivity contribution in [2.45, 2.75) is 66.0 Å². The number of amides is 2. The number of carbonyl (C=O) groups is 3. The average molecular weight is 468 g/mol. The fourth-order valence-electron chi connectivity index (χ4n) is 3.65. The highest BCUT2D eigenvalue weighted by molar-refractivity contribution is 5.91. The van der Waals surface area contributed by atoms with E-state index in [4.69, 9.17) is 4.84 Å². The van der Waals surface area contributed by atoms with Crippen molar-refractivity contribution < 1.29 is 19.2 Å². The van der Waals surface area contributed by atoms with Crippen molar-refractivity contribution in [3.63, 3.8) is 0 Å². The summed E-state index contributed by atoms with van der Waals surface area (Å²) in [4.78, 5) is 48.0. The molecule has 2 unspecified atom stereocenters. The Bertz CT molecular complexity index is 897. The van der Waals surface area contributed by atoms with Gasteiger partial charge in [-0.1, -0.05) is 76.9 Å². The highest BCUT2D eigenvalue weighted by atomic mass is 16.7. The van der Waals surface area contributed by atoms with Crippen LogP contribution in [0.2, 0.25) is 0 Å². The number of unbranched alkanes of at least 4 members (excludes halogenated alkanes) is 1. The molecule has 0 bridgehead atoms. The number of benzene rings is 1. The lowest BCUT2D eigenvalue weighted by molar-refractivity contribution is -0.182. The Labute approximate surface area is 202 Å². The van der Waals surface area contributed by atoms with Crippen LogP contribution in [0.3, 0.4) is 0 Å². The number of nitrogens with zero attached hydrogens (tertiary/aromatic N) is 2. The van der Waals surface area contributed by atoms with E-state index < -0.39 is 17.4 Å². The third kappa shape index (κ3) is 9.06. The van der Waals surface area contributed by atoms with Gasteiger partial charge < -0.3 is 5.32 Å². The number of Topliss-reactive ketones (excluding diaryl/α,β-unsaturated/α-hetero) is 1. The minimum Gasteiger partial charge on any atom is -0.345 e. The van der Waals surface area contributed by atoms with E-state index in [9.17, 15) is 14.4 Å². The van der Waals surface area contributed by atoms with Crippen LogP contribution in [0.5, 0.6) is 0 Å². The lowest BCUT2D eigenvalue weighted by atomic mass is 9.82. The fraction of sp³-hybridized carbons (Fsp3) is 0.481. The number of ketones is 1. The zero-order valence-electron chi connectivity index (χ0n) is 20.7. The summed E-state index contributed by atoms with van der Waals surface area (Å²) in [5.74, 6) is -0.840. The predicted octanol–water partition coefficient (Wildman–Crippen LogP) is 4.12. The summed E-state index contributed by atoms with van der Waals surface area (Å²) < 4.78 is 0. The maximum Gasteiger partial charge on any atom is 0.233 e. The molecule has 2 aromatic rings. The first kappa shape index (κ1) is 27.2. The summed E-state index contributed by atoms with van der Waals surface area (Å²) in [6.45, 7) is 8.18. The van der Waals surface area contributed by atoms with E-state index in [0.29, 0.717) is 18.5 Å². The molecule has 1 N–H and O–H groups in total. The second-order valence-electron chi connectivity index (χ2n) is 9.58. The second kappa shape index (κ2) is 13.6. The van der Waals surface area contributed by atoms with Gasteiger partial charge in [-0.05, 0) is 29.5 Å². The van der Waals surface area contributed by atoms with Crippen molar-refractivity contribution >= 4 is 18.1 Å². The van der Waals surface area contributed by atoms with Crippen molar-refractivity contribution in [3.8, 4) is 0 Å². The minimum atomic E-state index is -0.680. The van der Waals surface area contributed by atoms with Crippen molar-refractivity contribution in [3.05, 3.63) is 66.0 Å². The zero-order chi connectivity index (χ0) is 25.0. The maximum atomic E-state index is 13.3. The quantitative estimate of drug-likeness (QED) is 0.333. The molecule has 2 atom stereocenters. The van der Waals surface area contributed by atoms with E-state index >= 15 is 0 Å². The lowest BCUT2D eigenvalue weighted by Crippen LogP contribution is -2.52. The molecule has 0 fully saturated rings. The standard InChI is InChI=1S/C27H37N3O4/c1-5-6-14-22(18-30(20-31)34-19-21-12-8-7-9-13-21)26(33)29-25(27(2,3)4)24(32)17-23-15-10-11-16-28-23/h7-13,15-16,20,22,25H,5-6,14,17-19H2,1-4H3,(H,29,33). The molecule has 0 aliphatic rings. The number of hydrogen-bond acceptors (Lipinski definition) is 5. The van der Waals surface area contributed by atoms with Crippen LogP contribution < -0.4 is 5.32 Å². The van der Waals surface area contributed by atoms with Crippen LogP contribution in [0.15, 0.2) is 54.7 Å². The molecule has 0 saturated heterocycles. The number of carbonyl (C=O) groups excluding carboxylic acids is 3. The largest absolute Gasteiger partial charge is 0.345 e. The molecule has 7 heteroatoms. The van der Waals surface area contributed by atoms with Crippen LogP contribution in [-0.2, 0) is 32.2 Å². The Hall–Kier alpha value is -3.06. The molecule has 1 aromatic heterocycles. The predicted molar refractivity (Wildman–Crippen MR) is 131 cm³/mol. The van der Waals surface area contributed by atoms with Gasteiger partial charge in [0.1, 0.15) is 6.61 Å². The van der Waals surface area contributed by atoms with Gasteiger partial charge in [0, 0.05) is 11.9 Å². The fourth-order valence-corrected chi connectivity index (χ4v) is 3.65. The first-order chi connectivity index (χ1) is 16.2. The van der Waals surface area contributed by atoms with E-state index in [2.05, 4.69) is 10.3 Å². The van der Waals surface area contributed by atoms with Gasteiger partial charge in [-0.25, -0.2) is 5.06 Å². The van der Waals surface area contributed by atoms with Crippen molar-refractivity contribution in [2.24, 2.45) is 11.3 Å². The van der Waals surface area contributed by atoms with Crippen LogP contribution in [-0.4, -0.2) is 40.7 Å². The Morgan fingerprint density at radius 1 is 1.12 bits per heavy atom. The Kier molecular flexibility index (Phi) is 10.9. The third-order valence-corrected chi connectivity index (χ3v) is 5.59. The molecule has 1 heterocycles. The molecule has 2 rings (SSSR count). The molecule has 0 radical (unpaired) electrons. The van der Waals surface area contributed by atoms with Crippen LogP contribution in [0.4, 0.5) is 0 Å². The number of pyridine rings is 1. The van der Waals surface area contributed by atoms with Gasteiger partial charge in [0.15, 0.2) is 5.78 Å². The van der Waals surface area contributed by atoms with Crippen LogP contribution in [0, 0.1) is 11.3 Å². The average Bonchev–Trinajstić information content (AvgIpc) is 2.82. The normalized spacial score (nSPS) is 13.1. The molecule has 0 saturated carbocycles. The number of rotatable bonds is 14. The topological polar surface area (TPSA) is 88.6 Å². The molecular formula is C27H37N3O4. The number of hydroxylamine groups is 2. The monoisotopic (exact) mass is 467 g/mol. The van der Waals surface area contributed by atoms with Gasteiger partial charge in [-0.15, -0.1) is 0 Å². The van der Waals surface area contributed by atoms with Gasteiger partial charge in [-0.2, -0.15) is 0 Å². The smallest absolute Gasteiger partial charge is 0.233 e. The molecule has 2 amide bonds. The summed E-state index contributed by atoms with van der Waals surface area (Å²) in [6.07, 6.45) is 4.72. The molecule has 1 aromatic carbocycles. The molecule has 34 heavy (non-hydrogen) atoms. The Balaban J connectivity index is 2.08. The van der Waals surface area contributed by atoms with E-state index in [1.807, 2.05) is 64.1 Å². The summed E-state index contributed by atoms with van der Waals surface area (Å²) >= 11 is 0. The number of aromatic nitrogens is 1. The Morgan fingerprint density at radius 3 is 2.41 bits per heavy atom. The van der Waals surface area contributed by atoms with Crippen LogP contribution >= 0.6 is 0 Å². The highest BCUT2D eigenvalue weighted by Gasteiger charge is 2.34. The number of nitrogens with one attached hydrogen (secondary N) is 1. The molecule has 184 valence electrons. The van der Waals surface area contributed by atoms with Gasteiger partial charge in [0.2, 0.25) is 12.3 Å². The number of hydrogen-bond donors (Lipinski definition) is 1. The maximum absolute atomic E-state index is 13.3. The zero-order valence-corrected chi connectivity index (χ0v) is 20.7. The Morgan fingerprint density at radius 2 is 1.82 bits per heavy atom. The third-order valence-electron chi connectivity index (χ3n) is 5.59. The minimum absolute atomic E-state index is 0.0960. The van der Waals surface area contributed by atoms with Crippen LogP contribution in [0.25, 0.3) is 0 Å². The lowest BCUT2D eigenvalue weighted by Gasteiger charge is -2.32. The van der Waals surface area contributed by atoms with Gasteiger partial charge >= 0.3 is 0 Å². The molecule has 0 spiro atoms. The van der Waals surface area contributed by atoms with E-state index in [1.165, 1.54) is 5.06 Å². The van der Waals surface area contributed by atoms with Gasteiger partial charge in [0.05, 0.1) is 24.9 Å². The van der Waals surface area contributed by atoms with Crippen molar-refractivity contribution in [2.75, 3.05) is 6.54 Å². The van der Waals surface area contributed by atoms with E-state index in [1.54, 1.807) is 18.3 Å². The van der Waals surface area contributed by atoms with Crippen molar-refractivity contribution in [1.29, 1.82) is 0 Å². The molecular weight excluding hydrogens is 430 g/mol. The van der Waals surface area contributed by atoms with E-state index in [-0.39, 0.29) is 31.3 Å². The first-order valence-corrected chi connectivity index (χ1v) is 11.9. The summed E-state index contributed by atoms with van der Waals surface area (Å²) in [5.41, 5.74) is 1.11. The highest BCUT2D eigenvalue weighted by Crippen LogP contribution is 2.23. The summed E-state index contributed by atoms with van der Waals surface area (Å²) in [6, 6.07) is 14.3.